The predicted octanol–water partition coefficient (Wildman–Crippen LogP) is 0.0381. The number of phenolic OH excluding ortho intramolecular Hbond substituents is 1. The Morgan fingerprint density at radius 2 is 2.30 bits per heavy atom. The zero-order valence-electron chi connectivity index (χ0n) is 11.6. The van der Waals surface area contributed by atoms with Gasteiger partial charge in [0.15, 0.2) is 5.75 Å². The van der Waals surface area contributed by atoms with E-state index in [-0.39, 0.29) is 22.8 Å². The number of nitro groups is 1. The Bertz CT molecular complexity index is 785. The van der Waals surface area contributed by atoms with Crippen LogP contribution in [0.5, 0.6) is 11.5 Å². The summed E-state index contributed by atoms with van der Waals surface area (Å²) in [4.78, 5) is 22.0. The summed E-state index contributed by atoms with van der Waals surface area (Å²) in [5.74, 6) is -1.76. The highest BCUT2D eigenvalue weighted by Crippen LogP contribution is 2.37. The van der Waals surface area contributed by atoms with Gasteiger partial charge in [0.05, 0.1) is 23.8 Å². The lowest BCUT2D eigenvalue weighted by atomic mass is 10.1. The van der Waals surface area contributed by atoms with Gasteiger partial charge < -0.3 is 15.6 Å². The standard InChI is InChI=1S/C11H10N6O6/c1-22-9-6(18)3-2-5(8(9)17(20)21)4-13-14-11(19)7-10(12)16-23-15-7/h2-4,18H,1H3,(H2,12,16)(H,14,19). The molecule has 0 fully saturated rings. The van der Waals surface area contributed by atoms with Gasteiger partial charge in [-0.1, -0.05) is 0 Å². The number of nitrogen functional groups attached to an aromatic ring is 1. The van der Waals surface area contributed by atoms with E-state index >= 15 is 0 Å². The number of methoxy groups -OCH3 is 1. The van der Waals surface area contributed by atoms with Gasteiger partial charge in [0.25, 0.3) is 5.91 Å². The molecule has 12 heteroatoms. The molecule has 0 unspecified atom stereocenters. The smallest absolute Gasteiger partial charge is 0.323 e. The fraction of sp³-hybridized carbons (Fsp3) is 0.0909. The number of nitrogens with zero attached hydrogens (tertiary/aromatic N) is 4. The highest BCUT2D eigenvalue weighted by molar-refractivity contribution is 5.97. The highest BCUT2D eigenvalue weighted by Gasteiger charge is 2.23. The normalized spacial score (nSPS) is 10.7. The lowest BCUT2D eigenvalue weighted by Gasteiger charge is -2.05. The molecular weight excluding hydrogens is 312 g/mol. The summed E-state index contributed by atoms with van der Waals surface area (Å²) < 4.78 is 9.05. The van der Waals surface area contributed by atoms with E-state index in [0.717, 1.165) is 6.21 Å². The average molecular weight is 322 g/mol. The summed E-state index contributed by atoms with van der Waals surface area (Å²) in [6.07, 6.45) is 1.00. The van der Waals surface area contributed by atoms with Gasteiger partial charge in [0.1, 0.15) is 0 Å². The Hall–Kier alpha value is -3.70. The monoisotopic (exact) mass is 322 g/mol. The molecule has 1 aromatic heterocycles. The number of amides is 1. The molecule has 0 spiro atoms. The summed E-state index contributed by atoms with van der Waals surface area (Å²) >= 11 is 0. The van der Waals surface area contributed by atoms with Gasteiger partial charge in [-0.3, -0.25) is 14.9 Å². The second-order valence-electron chi connectivity index (χ2n) is 4.01. The number of nitrogens with one attached hydrogen (secondary N) is 1. The van der Waals surface area contributed by atoms with Crippen LogP contribution in [-0.4, -0.2) is 39.6 Å². The first-order valence-electron chi connectivity index (χ1n) is 5.91. The minimum Gasteiger partial charge on any atom is -0.504 e. The molecule has 0 bridgehead atoms. The molecule has 2 rings (SSSR count). The minimum absolute atomic E-state index is 0.00352. The van der Waals surface area contributed by atoms with E-state index < -0.39 is 22.3 Å². The number of hydrogen-bond donors (Lipinski definition) is 3. The third kappa shape index (κ3) is 3.15. The van der Waals surface area contributed by atoms with Crippen LogP contribution in [0, 0.1) is 10.1 Å². The fourth-order valence-corrected chi connectivity index (χ4v) is 1.64. The number of carbonyl (C=O) groups excluding carboxylic acids is 1. The van der Waals surface area contributed by atoms with Gasteiger partial charge in [-0.2, -0.15) is 5.10 Å². The van der Waals surface area contributed by atoms with E-state index in [2.05, 4.69) is 25.5 Å². The third-order valence-corrected chi connectivity index (χ3v) is 2.63. The molecule has 1 aromatic carbocycles. The van der Waals surface area contributed by atoms with Crippen LogP contribution in [0.4, 0.5) is 11.5 Å². The van der Waals surface area contributed by atoms with Crippen LogP contribution in [0.25, 0.3) is 0 Å². The molecule has 0 radical (unpaired) electrons. The Morgan fingerprint density at radius 1 is 1.57 bits per heavy atom. The number of aromatic hydroxyl groups is 1. The zero-order chi connectivity index (χ0) is 17.0. The van der Waals surface area contributed by atoms with Crippen LogP contribution in [0.2, 0.25) is 0 Å². The van der Waals surface area contributed by atoms with Crippen molar-refractivity contribution in [2.24, 2.45) is 5.10 Å². The molecule has 2 aromatic rings. The van der Waals surface area contributed by atoms with Crippen molar-refractivity contribution in [2.45, 2.75) is 0 Å². The maximum Gasteiger partial charge on any atom is 0.323 e. The van der Waals surface area contributed by atoms with Crippen LogP contribution < -0.4 is 15.9 Å². The van der Waals surface area contributed by atoms with Gasteiger partial charge in [-0.05, 0) is 22.4 Å². The topological polar surface area (TPSA) is 179 Å². The molecule has 1 heterocycles. The van der Waals surface area contributed by atoms with Crippen molar-refractivity contribution in [2.75, 3.05) is 12.8 Å². The van der Waals surface area contributed by atoms with Crippen LogP contribution in [0.3, 0.4) is 0 Å². The molecule has 1 amide bonds. The summed E-state index contributed by atoms with van der Waals surface area (Å²) in [6, 6.07) is 2.42. The number of nitro benzene ring substituents is 1. The second kappa shape index (κ2) is 6.38. The van der Waals surface area contributed by atoms with Crippen molar-refractivity contribution in [1.82, 2.24) is 15.7 Å². The van der Waals surface area contributed by atoms with Gasteiger partial charge in [0.2, 0.25) is 17.3 Å². The van der Waals surface area contributed by atoms with E-state index in [9.17, 15) is 20.0 Å². The quantitative estimate of drug-likeness (QED) is 0.389. The number of hydrazone groups is 1. The maximum atomic E-state index is 11.6. The first-order chi connectivity index (χ1) is 11.0. The summed E-state index contributed by atoms with van der Waals surface area (Å²) in [6.45, 7) is 0. The van der Waals surface area contributed by atoms with E-state index in [1.54, 1.807) is 0 Å². The number of carbonyl (C=O) groups is 1. The molecule has 12 nitrogen and oxygen atoms in total. The van der Waals surface area contributed by atoms with Gasteiger partial charge in [-0.25, -0.2) is 10.1 Å². The Labute approximate surface area is 127 Å². The van der Waals surface area contributed by atoms with Crippen molar-refractivity contribution in [3.63, 3.8) is 0 Å². The number of aromatic nitrogens is 2. The number of ether oxygens (including phenoxy) is 1. The number of hydrogen-bond acceptors (Lipinski definition) is 10. The number of anilines is 1. The molecule has 0 aliphatic rings. The lowest BCUT2D eigenvalue weighted by molar-refractivity contribution is -0.386. The van der Waals surface area contributed by atoms with E-state index in [1.165, 1.54) is 19.2 Å². The first kappa shape index (κ1) is 15.7. The molecule has 0 saturated heterocycles. The first-order valence-corrected chi connectivity index (χ1v) is 5.91. The summed E-state index contributed by atoms with van der Waals surface area (Å²) in [7, 11) is 1.17. The molecule has 0 aliphatic heterocycles. The van der Waals surface area contributed by atoms with Crippen molar-refractivity contribution in [1.29, 1.82) is 0 Å². The molecule has 0 atom stereocenters. The predicted molar refractivity (Wildman–Crippen MR) is 75.1 cm³/mol. The highest BCUT2D eigenvalue weighted by atomic mass is 16.6. The second-order valence-corrected chi connectivity index (χ2v) is 4.01. The Balaban J connectivity index is 2.25. The largest absolute Gasteiger partial charge is 0.504 e. The molecule has 23 heavy (non-hydrogen) atoms. The van der Waals surface area contributed by atoms with Crippen LogP contribution in [0.15, 0.2) is 21.9 Å². The fourth-order valence-electron chi connectivity index (χ4n) is 1.64. The zero-order valence-corrected chi connectivity index (χ0v) is 11.6. The number of rotatable bonds is 5. The van der Waals surface area contributed by atoms with Crippen LogP contribution >= 0.6 is 0 Å². The van der Waals surface area contributed by atoms with Crippen molar-refractivity contribution in [3.05, 3.63) is 33.5 Å². The van der Waals surface area contributed by atoms with Crippen LogP contribution in [-0.2, 0) is 0 Å². The molecule has 4 N–H and O–H groups in total. The molecule has 0 saturated carbocycles. The van der Waals surface area contributed by atoms with E-state index in [4.69, 9.17) is 10.5 Å². The average Bonchev–Trinajstić information content (AvgIpc) is 2.94. The van der Waals surface area contributed by atoms with E-state index in [0.29, 0.717) is 0 Å². The molecule has 0 aliphatic carbocycles. The Kier molecular flexibility index (Phi) is 4.35. The third-order valence-electron chi connectivity index (χ3n) is 2.63. The van der Waals surface area contributed by atoms with Crippen molar-refractivity contribution >= 4 is 23.6 Å². The summed E-state index contributed by atoms with van der Waals surface area (Å²) in [5.41, 5.74) is 6.60. The minimum atomic E-state index is -0.812. The van der Waals surface area contributed by atoms with Crippen molar-refractivity contribution < 1.29 is 24.2 Å². The number of nitrogens with two attached hydrogens (primary N) is 1. The van der Waals surface area contributed by atoms with Gasteiger partial charge in [0, 0.05) is 0 Å². The van der Waals surface area contributed by atoms with Crippen molar-refractivity contribution in [3.8, 4) is 11.5 Å². The Morgan fingerprint density at radius 3 is 2.87 bits per heavy atom. The summed E-state index contributed by atoms with van der Waals surface area (Å²) in [5, 5.41) is 30.7. The van der Waals surface area contributed by atoms with Gasteiger partial charge in [-0.15, -0.1) is 0 Å². The molecule has 120 valence electrons. The SMILES string of the molecule is COc1c(O)ccc(C=NNC(=O)c2nonc2N)c1[N+](=O)[O-]. The number of phenols is 1. The number of benzene rings is 1. The molecular formula is C11H10N6O6. The lowest BCUT2D eigenvalue weighted by Crippen LogP contribution is -2.19. The maximum absolute atomic E-state index is 11.6. The van der Waals surface area contributed by atoms with Gasteiger partial charge >= 0.3 is 5.69 Å². The van der Waals surface area contributed by atoms with E-state index in [1.807, 2.05) is 0 Å². The van der Waals surface area contributed by atoms with Crippen LogP contribution in [0.1, 0.15) is 16.1 Å².